The number of benzene rings is 2. The average Bonchev–Trinajstić information content (AvgIpc) is 2.71. The fourth-order valence-corrected chi connectivity index (χ4v) is 3.61. The quantitative estimate of drug-likeness (QED) is 0.272. The molecule has 28 heavy (non-hydrogen) atoms. The third-order valence-corrected chi connectivity index (χ3v) is 5.35. The van der Waals surface area contributed by atoms with Gasteiger partial charge in [0, 0.05) is 5.39 Å². The molecular formula is C25H36O3. The van der Waals surface area contributed by atoms with Crippen LogP contribution in [-0.4, -0.2) is 17.7 Å². The Morgan fingerprint density at radius 1 is 0.786 bits per heavy atom. The van der Waals surface area contributed by atoms with E-state index in [-0.39, 0.29) is 11.3 Å². The highest BCUT2D eigenvalue weighted by Crippen LogP contribution is 2.29. The summed E-state index contributed by atoms with van der Waals surface area (Å²) in [6, 6.07) is 11.0. The van der Waals surface area contributed by atoms with E-state index >= 15 is 0 Å². The lowest BCUT2D eigenvalue weighted by Gasteiger charge is -2.08. The van der Waals surface area contributed by atoms with Crippen LogP contribution in [0.25, 0.3) is 10.8 Å². The molecule has 0 unspecified atom stereocenters. The fraction of sp³-hybridized carbons (Fsp3) is 0.560. The smallest absolute Gasteiger partial charge is 0.341 e. The van der Waals surface area contributed by atoms with Gasteiger partial charge in [-0.2, -0.15) is 0 Å². The molecule has 3 heteroatoms. The first-order valence-corrected chi connectivity index (χ1v) is 11.1. The van der Waals surface area contributed by atoms with Crippen LogP contribution >= 0.6 is 0 Å². The molecule has 0 aliphatic heterocycles. The third-order valence-electron chi connectivity index (χ3n) is 5.35. The maximum atomic E-state index is 12.2. The summed E-state index contributed by atoms with van der Waals surface area (Å²) in [5.74, 6) is -0.427. The van der Waals surface area contributed by atoms with Crippen LogP contribution in [0, 0.1) is 0 Å². The first-order valence-electron chi connectivity index (χ1n) is 11.1. The Balaban J connectivity index is 1.53. The van der Waals surface area contributed by atoms with E-state index in [0.717, 1.165) is 18.2 Å². The van der Waals surface area contributed by atoms with Crippen LogP contribution in [0.3, 0.4) is 0 Å². The first-order chi connectivity index (χ1) is 13.7. The van der Waals surface area contributed by atoms with Gasteiger partial charge in [0.15, 0.2) is 0 Å². The molecule has 1 N–H and O–H groups in total. The van der Waals surface area contributed by atoms with Gasteiger partial charge >= 0.3 is 5.97 Å². The Morgan fingerprint density at radius 2 is 1.36 bits per heavy atom. The summed E-state index contributed by atoms with van der Waals surface area (Å²) in [4.78, 5) is 12.2. The lowest BCUT2D eigenvalue weighted by molar-refractivity contribution is 0.0494. The summed E-state index contributed by atoms with van der Waals surface area (Å²) in [5, 5.41) is 11.9. The van der Waals surface area contributed by atoms with Crippen molar-refractivity contribution in [3.8, 4) is 5.75 Å². The topological polar surface area (TPSA) is 46.5 Å². The molecule has 0 saturated carbocycles. The van der Waals surface area contributed by atoms with E-state index < -0.39 is 5.97 Å². The zero-order valence-electron chi connectivity index (χ0n) is 17.4. The molecule has 154 valence electrons. The second-order valence-electron chi connectivity index (χ2n) is 7.71. The van der Waals surface area contributed by atoms with Crippen LogP contribution in [0.15, 0.2) is 36.4 Å². The van der Waals surface area contributed by atoms with E-state index in [1.807, 2.05) is 30.3 Å². The number of carbonyl (C=O) groups is 1. The zero-order chi connectivity index (χ0) is 20.0. The van der Waals surface area contributed by atoms with Gasteiger partial charge in [0.2, 0.25) is 0 Å². The predicted octanol–water partition coefficient (Wildman–Crippen LogP) is 7.40. The van der Waals surface area contributed by atoms with Crippen molar-refractivity contribution in [2.24, 2.45) is 0 Å². The van der Waals surface area contributed by atoms with Crippen LogP contribution in [0.1, 0.15) is 94.3 Å². The van der Waals surface area contributed by atoms with Gasteiger partial charge in [0.05, 0.1) is 6.61 Å². The highest BCUT2D eigenvalue weighted by Gasteiger charge is 2.14. The van der Waals surface area contributed by atoms with Crippen LogP contribution < -0.4 is 0 Å². The highest BCUT2D eigenvalue weighted by molar-refractivity contribution is 6.01. The van der Waals surface area contributed by atoms with Crippen molar-refractivity contribution in [2.45, 2.75) is 84.0 Å². The maximum absolute atomic E-state index is 12.2. The maximum Gasteiger partial charge on any atom is 0.341 e. The van der Waals surface area contributed by atoms with Gasteiger partial charge in [0.25, 0.3) is 0 Å². The molecule has 2 aromatic carbocycles. The summed E-state index contributed by atoms with van der Waals surface area (Å²) in [6.07, 6.45) is 15.4. The van der Waals surface area contributed by atoms with Crippen LogP contribution in [0.5, 0.6) is 5.75 Å². The number of hydrogen-bond acceptors (Lipinski definition) is 3. The Hall–Kier alpha value is -2.03. The summed E-state index contributed by atoms with van der Waals surface area (Å²) in [6.45, 7) is 2.68. The first kappa shape index (κ1) is 22.3. The molecule has 2 aromatic rings. The van der Waals surface area contributed by atoms with Crippen molar-refractivity contribution in [1.29, 1.82) is 0 Å². The van der Waals surface area contributed by atoms with Crippen LogP contribution in [-0.2, 0) is 4.74 Å². The van der Waals surface area contributed by atoms with Crippen LogP contribution in [0.2, 0.25) is 0 Å². The number of unbranched alkanes of at least 4 members (excludes halogenated alkanes) is 11. The Kier molecular flexibility index (Phi) is 10.5. The minimum atomic E-state index is -0.439. The van der Waals surface area contributed by atoms with E-state index in [9.17, 15) is 9.90 Å². The predicted molar refractivity (Wildman–Crippen MR) is 117 cm³/mol. The minimum absolute atomic E-state index is 0.0118. The van der Waals surface area contributed by atoms with Crippen molar-refractivity contribution in [2.75, 3.05) is 6.61 Å². The standard InChI is InChI=1S/C25H36O3/c1-2-3-4-5-6-7-8-9-10-11-12-15-20-28-25(27)23-19-18-21-16-13-14-17-22(21)24(23)26/h13-14,16-19,26H,2-12,15,20H2,1H3. The molecule has 0 aliphatic carbocycles. The monoisotopic (exact) mass is 384 g/mol. The normalized spacial score (nSPS) is 11.0. The van der Waals surface area contributed by atoms with E-state index in [1.54, 1.807) is 6.07 Å². The lowest BCUT2D eigenvalue weighted by atomic mass is 10.1. The van der Waals surface area contributed by atoms with Gasteiger partial charge in [-0.3, -0.25) is 0 Å². The fourth-order valence-electron chi connectivity index (χ4n) is 3.61. The zero-order valence-corrected chi connectivity index (χ0v) is 17.4. The van der Waals surface area contributed by atoms with Gasteiger partial charge < -0.3 is 9.84 Å². The molecule has 0 radical (unpaired) electrons. The Bertz CT molecular complexity index is 708. The minimum Gasteiger partial charge on any atom is -0.506 e. The SMILES string of the molecule is CCCCCCCCCCCCCCOC(=O)c1ccc2ccccc2c1O. The second kappa shape index (κ2) is 13.2. The number of phenols is 1. The van der Waals surface area contributed by atoms with Gasteiger partial charge in [-0.25, -0.2) is 4.79 Å². The average molecular weight is 385 g/mol. The number of phenolic OH excluding ortho intramolecular Hbond substituents is 1. The lowest BCUT2D eigenvalue weighted by Crippen LogP contribution is -2.07. The van der Waals surface area contributed by atoms with E-state index in [0.29, 0.717) is 12.0 Å². The molecule has 0 atom stereocenters. The Morgan fingerprint density at radius 3 is 2.00 bits per heavy atom. The van der Waals surface area contributed by atoms with E-state index in [4.69, 9.17) is 4.74 Å². The van der Waals surface area contributed by atoms with Crippen molar-refractivity contribution in [3.63, 3.8) is 0 Å². The van der Waals surface area contributed by atoms with Crippen molar-refractivity contribution < 1.29 is 14.6 Å². The van der Waals surface area contributed by atoms with Crippen LogP contribution in [0.4, 0.5) is 0 Å². The van der Waals surface area contributed by atoms with Crippen molar-refractivity contribution >= 4 is 16.7 Å². The number of aromatic hydroxyl groups is 1. The van der Waals surface area contributed by atoms with Gasteiger partial charge in [-0.1, -0.05) is 108 Å². The van der Waals surface area contributed by atoms with Crippen molar-refractivity contribution in [1.82, 2.24) is 0 Å². The number of hydrogen-bond donors (Lipinski definition) is 1. The van der Waals surface area contributed by atoms with Gasteiger partial charge in [0.1, 0.15) is 11.3 Å². The third kappa shape index (κ3) is 7.53. The molecule has 0 saturated heterocycles. The molecule has 0 bridgehead atoms. The molecule has 0 fully saturated rings. The number of ether oxygens (including phenoxy) is 1. The molecule has 2 rings (SSSR count). The molecular weight excluding hydrogens is 348 g/mol. The number of carbonyl (C=O) groups excluding carboxylic acids is 1. The molecule has 0 aliphatic rings. The summed E-state index contributed by atoms with van der Waals surface area (Å²) in [7, 11) is 0. The summed E-state index contributed by atoms with van der Waals surface area (Å²) >= 11 is 0. The summed E-state index contributed by atoms with van der Waals surface area (Å²) in [5.41, 5.74) is 0.248. The number of fused-ring (bicyclic) bond motifs is 1. The van der Waals surface area contributed by atoms with E-state index in [1.165, 1.54) is 64.2 Å². The molecule has 3 nitrogen and oxygen atoms in total. The highest BCUT2D eigenvalue weighted by atomic mass is 16.5. The summed E-state index contributed by atoms with van der Waals surface area (Å²) < 4.78 is 5.35. The largest absolute Gasteiger partial charge is 0.506 e. The molecule has 0 spiro atoms. The second-order valence-corrected chi connectivity index (χ2v) is 7.71. The molecule has 0 amide bonds. The Labute approximate surface area is 170 Å². The van der Waals surface area contributed by atoms with E-state index in [2.05, 4.69) is 6.92 Å². The molecule has 0 aromatic heterocycles. The van der Waals surface area contributed by atoms with Crippen molar-refractivity contribution in [3.05, 3.63) is 42.0 Å². The van der Waals surface area contributed by atoms with Gasteiger partial charge in [-0.15, -0.1) is 0 Å². The van der Waals surface area contributed by atoms with Gasteiger partial charge in [-0.05, 0) is 17.9 Å². The number of rotatable bonds is 14. The molecule has 0 heterocycles. The number of esters is 1.